The van der Waals surface area contributed by atoms with Gasteiger partial charge in [-0.15, -0.1) is 16.4 Å². The van der Waals surface area contributed by atoms with Crippen molar-refractivity contribution in [3.8, 4) is 17.1 Å². The summed E-state index contributed by atoms with van der Waals surface area (Å²) in [6.07, 6.45) is 2.09. The number of rotatable bonds is 6. The molecule has 0 unspecified atom stereocenters. The Morgan fingerprint density at radius 2 is 1.72 bits per heavy atom. The molecule has 4 aromatic rings. The number of carbonyl (C=O) groups is 1. The number of carbonyl (C=O) groups excluding carboxylic acids is 1. The number of amides is 1. The van der Waals surface area contributed by atoms with Crippen LogP contribution >= 0.6 is 11.3 Å². The summed E-state index contributed by atoms with van der Waals surface area (Å²) in [5.74, 6) is 0.816. The van der Waals surface area contributed by atoms with Crippen LogP contribution in [0.3, 0.4) is 0 Å². The first kappa shape index (κ1) is 17.8. The van der Waals surface area contributed by atoms with Gasteiger partial charge in [0.25, 0.3) is 5.91 Å². The summed E-state index contributed by atoms with van der Waals surface area (Å²) in [6, 6.07) is 24.1. The Balaban J connectivity index is 1.54. The zero-order chi connectivity index (χ0) is 19.6. The zero-order valence-corrected chi connectivity index (χ0v) is 16.6. The van der Waals surface area contributed by atoms with Gasteiger partial charge in [-0.1, -0.05) is 54.6 Å². The third-order valence-corrected chi connectivity index (χ3v) is 5.85. The van der Waals surface area contributed by atoms with Gasteiger partial charge in [0.1, 0.15) is 0 Å². The topological polar surface area (TPSA) is 51.0 Å². The fourth-order valence-corrected chi connectivity index (χ4v) is 4.08. The van der Waals surface area contributed by atoms with Gasteiger partial charge in [-0.25, -0.2) is 9.67 Å². The number of benzene rings is 2. The summed E-state index contributed by atoms with van der Waals surface area (Å²) in [4.78, 5) is 21.2. The molecule has 1 saturated carbocycles. The van der Waals surface area contributed by atoms with Crippen molar-refractivity contribution in [3.05, 3.63) is 88.9 Å². The monoisotopic (exact) mass is 400 g/mol. The summed E-state index contributed by atoms with van der Waals surface area (Å²) in [6.45, 7) is 0.613. The van der Waals surface area contributed by atoms with E-state index in [2.05, 4.69) is 16.1 Å². The number of aromatic nitrogens is 3. The van der Waals surface area contributed by atoms with Crippen molar-refractivity contribution in [2.45, 2.75) is 25.4 Å². The first-order valence-corrected chi connectivity index (χ1v) is 10.6. The molecule has 0 bridgehead atoms. The minimum atomic E-state index is -0.104. The van der Waals surface area contributed by atoms with E-state index in [-0.39, 0.29) is 17.8 Å². The van der Waals surface area contributed by atoms with Gasteiger partial charge in [0, 0.05) is 16.5 Å². The third kappa shape index (κ3) is 3.71. The molecule has 2 heterocycles. The van der Waals surface area contributed by atoms with Gasteiger partial charge in [-0.3, -0.25) is 4.79 Å². The molecule has 0 atom stereocenters. The van der Waals surface area contributed by atoms with Crippen LogP contribution in [0.5, 0.6) is 0 Å². The van der Waals surface area contributed by atoms with Crippen molar-refractivity contribution < 1.29 is 4.79 Å². The normalized spacial score (nSPS) is 13.4. The van der Waals surface area contributed by atoms with Crippen molar-refractivity contribution in [2.75, 3.05) is 0 Å². The smallest absolute Gasteiger partial charge is 0.294 e. The lowest BCUT2D eigenvalue weighted by molar-refractivity contribution is 0.0719. The maximum atomic E-state index is 13.4. The summed E-state index contributed by atoms with van der Waals surface area (Å²) >= 11 is 1.67. The minimum Gasteiger partial charge on any atom is -0.328 e. The molecule has 1 fully saturated rings. The van der Waals surface area contributed by atoms with Crippen LogP contribution in [0, 0.1) is 0 Å². The van der Waals surface area contributed by atoms with E-state index in [1.165, 1.54) is 4.88 Å². The Labute approximate surface area is 173 Å². The van der Waals surface area contributed by atoms with E-state index in [0.717, 1.165) is 24.1 Å². The Kier molecular flexibility index (Phi) is 4.69. The molecule has 144 valence electrons. The van der Waals surface area contributed by atoms with Crippen molar-refractivity contribution in [3.63, 3.8) is 0 Å². The standard InChI is InChI=1S/C23H20N4OS/c28-23(26(18-13-14-18)16-20-12-7-15-29-20)21-24-22(17-8-3-1-4-9-17)27(25-21)19-10-5-2-6-11-19/h1-12,15,18H,13-14,16H2. The van der Waals surface area contributed by atoms with Crippen LogP contribution in [0.1, 0.15) is 28.3 Å². The van der Waals surface area contributed by atoms with E-state index >= 15 is 0 Å². The number of nitrogens with zero attached hydrogens (tertiary/aromatic N) is 4. The largest absolute Gasteiger partial charge is 0.328 e. The molecule has 2 aromatic heterocycles. The Hall–Kier alpha value is -3.25. The second-order valence-corrected chi connectivity index (χ2v) is 8.15. The lowest BCUT2D eigenvalue weighted by Crippen LogP contribution is -2.33. The van der Waals surface area contributed by atoms with Crippen LogP contribution < -0.4 is 0 Å². The van der Waals surface area contributed by atoms with Crippen molar-refractivity contribution in [1.29, 1.82) is 0 Å². The van der Waals surface area contributed by atoms with Crippen LogP contribution in [0.15, 0.2) is 78.2 Å². The van der Waals surface area contributed by atoms with Crippen LogP contribution in [-0.4, -0.2) is 31.6 Å². The average molecular weight is 401 g/mol. The molecule has 0 N–H and O–H groups in total. The molecule has 1 aliphatic carbocycles. The second-order valence-electron chi connectivity index (χ2n) is 7.12. The van der Waals surface area contributed by atoms with Gasteiger partial charge < -0.3 is 4.90 Å². The average Bonchev–Trinajstić information content (AvgIpc) is 3.30. The van der Waals surface area contributed by atoms with Gasteiger partial charge in [0.15, 0.2) is 5.82 Å². The number of hydrogen-bond acceptors (Lipinski definition) is 4. The lowest BCUT2D eigenvalue weighted by Gasteiger charge is -2.20. The van der Waals surface area contributed by atoms with Crippen molar-refractivity contribution in [1.82, 2.24) is 19.7 Å². The summed E-state index contributed by atoms with van der Waals surface area (Å²) in [5.41, 5.74) is 1.81. The summed E-state index contributed by atoms with van der Waals surface area (Å²) in [7, 11) is 0. The molecule has 5 rings (SSSR count). The quantitative estimate of drug-likeness (QED) is 0.467. The first-order valence-electron chi connectivity index (χ1n) is 9.71. The van der Waals surface area contributed by atoms with E-state index in [9.17, 15) is 4.79 Å². The molecule has 0 spiro atoms. The first-order chi connectivity index (χ1) is 14.3. The number of hydrogen-bond donors (Lipinski definition) is 0. The predicted molar refractivity (Wildman–Crippen MR) is 114 cm³/mol. The second kappa shape index (κ2) is 7.64. The molecule has 29 heavy (non-hydrogen) atoms. The Morgan fingerprint density at radius 1 is 1.00 bits per heavy atom. The molecular formula is C23H20N4OS. The summed E-state index contributed by atoms with van der Waals surface area (Å²) in [5, 5.41) is 6.68. The van der Waals surface area contributed by atoms with Gasteiger partial charge in [-0.2, -0.15) is 0 Å². The van der Waals surface area contributed by atoms with Crippen molar-refractivity contribution >= 4 is 17.2 Å². The highest BCUT2D eigenvalue weighted by molar-refractivity contribution is 7.09. The van der Waals surface area contributed by atoms with Gasteiger partial charge in [0.05, 0.1) is 12.2 Å². The summed E-state index contributed by atoms with van der Waals surface area (Å²) < 4.78 is 1.76. The molecule has 0 aliphatic heterocycles. The third-order valence-electron chi connectivity index (χ3n) is 4.99. The Bertz CT molecular complexity index is 1050. The van der Waals surface area contributed by atoms with E-state index in [1.54, 1.807) is 16.0 Å². The molecule has 2 aromatic carbocycles. The number of thiophene rings is 1. The molecule has 0 radical (unpaired) electrons. The van der Waals surface area contributed by atoms with E-state index < -0.39 is 0 Å². The van der Waals surface area contributed by atoms with Crippen molar-refractivity contribution in [2.24, 2.45) is 0 Å². The number of para-hydroxylation sites is 1. The Morgan fingerprint density at radius 3 is 2.38 bits per heavy atom. The zero-order valence-electron chi connectivity index (χ0n) is 15.8. The maximum Gasteiger partial charge on any atom is 0.294 e. The molecule has 6 heteroatoms. The SMILES string of the molecule is O=C(c1nc(-c2ccccc2)n(-c2ccccc2)n1)N(Cc1cccs1)C1CC1. The molecule has 5 nitrogen and oxygen atoms in total. The van der Waals surface area contributed by atoms with Crippen LogP contribution in [-0.2, 0) is 6.54 Å². The molecule has 1 amide bonds. The van der Waals surface area contributed by atoms with Crippen LogP contribution in [0.25, 0.3) is 17.1 Å². The molecule has 0 saturated heterocycles. The highest BCUT2D eigenvalue weighted by atomic mass is 32.1. The predicted octanol–water partition coefficient (Wildman–Crippen LogP) is 4.80. The highest BCUT2D eigenvalue weighted by Gasteiger charge is 2.35. The van der Waals surface area contributed by atoms with Crippen LogP contribution in [0.4, 0.5) is 0 Å². The molecular weight excluding hydrogens is 380 g/mol. The van der Waals surface area contributed by atoms with Gasteiger partial charge in [0.2, 0.25) is 5.82 Å². The maximum absolute atomic E-state index is 13.4. The van der Waals surface area contributed by atoms with E-state index in [4.69, 9.17) is 0 Å². The minimum absolute atomic E-state index is 0.104. The van der Waals surface area contributed by atoms with E-state index in [1.807, 2.05) is 77.0 Å². The fraction of sp³-hybridized carbons (Fsp3) is 0.174. The molecule has 1 aliphatic rings. The highest BCUT2D eigenvalue weighted by Crippen LogP contribution is 2.31. The fourth-order valence-electron chi connectivity index (χ4n) is 3.38. The van der Waals surface area contributed by atoms with Gasteiger partial charge >= 0.3 is 0 Å². The lowest BCUT2D eigenvalue weighted by atomic mass is 10.2. The van der Waals surface area contributed by atoms with E-state index in [0.29, 0.717) is 12.4 Å². The van der Waals surface area contributed by atoms with Gasteiger partial charge in [-0.05, 0) is 36.4 Å². The van der Waals surface area contributed by atoms with Crippen LogP contribution in [0.2, 0.25) is 0 Å².